The fourth-order valence-corrected chi connectivity index (χ4v) is 2.40. The van der Waals surface area contributed by atoms with Crippen molar-refractivity contribution in [1.82, 2.24) is 9.88 Å². The third-order valence-corrected chi connectivity index (χ3v) is 4.08. The third kappa shape index (κ3) is 3.59. The molecular weight excluding hydrogens is 280 g/mol. The lowest BCUT2D eigenvalue weighted by atomic mass is 9.97. The second-order valence-corrected chi connectivity index (χ2v) is 5.40. The van der Waals surface area contributed by atoms with Gasteiger partial charge >= 0.3 is 0 Å². The number of H-pyrrole nitrogens is 1. The highest BCUT2D eigenvalue weighted by Crippen LogP contribution is 2.18. The zero-order chi connectivity index (χ0) is 13.8. The Morgan fingerprint density at radius 2 is 2.21 bits per heavy atom. The summed E-state index contributed by atoms with van der Waals surface area (Å²) in [6.45, 7) is 3.18. The van der Waals surface area contributed by atoms with Crippen LogP contribution in [0.4, 0.5) is 0 Å². The second kappa shape index (κ2) is 6.23. The molecule has 1 saturated heterocycles. The Kier molecular flexibility index (Phi) is 4.62. The number of carbonyl (C=O) groups is 1. The zero-order valence-corrected chi connectivity index (χ0v) is 12.3. The average Bonchev–Trinajstić information content (AvgIpc) is 2.41. The molecule has 1 aromatic heterocycles. The van der Waals surface area contributed by atoms with Gasteiger partial charge in [-0.2, -0.15) is 0 Å². The molecule has 100 valence electrons. The monoisotopic (exact) mass is 294 g/mol. The average molecular weight is 295 g/mol. The first-order valence-corrected chi connectivity index (χ1v) is 7.01. The van der Waals surface area contributed by atoms with E-state index < -0.39 is 0 Å². The molecule has 1 fully saturated rings. The fraction of sp³-hybridized carbons (Fsp3) is 0.429. The molecule has 2 heterocycles. The van der Waals surface area contributed by atoms with Gasteiger partial charge in [-0.1, -0.05) is 29.7 Å². The number of hydrogen-bond donors (Lipinski definition) is 1. The van der Waals surface area contributed by atoms with Crippen molar-refractivity contribution in [3.63, 3.8) is 0 Å². The van der Waals surface area contributed by atoms with E-state index in [4.69, 9.17) is 23.8 Å². The minimum atomic E-state index is 0.140. The van der Waals surface area contributed by atoms with Crippen molar-refractivity contribution in [2.45, 2.75) is 19.8 Å². The van der Waals surface area contributed by atoms with Gasteiger partial charge in [-0.3, -0.25) is 4.79 Å². The van der Waals surface area contributed by atoms with Gasteiger partial charge in [-0.05, 0) is 24.8 Å². The molecule has 0 spiro atoms. The molecule has 1 N–H and O–H groups in total. The van der Waals surface area contributed by atoms with E-state index in [-0.39, 0.29) is 5.91 Å². The van der Waals surface area contributed by atoms with E-state index in [0.717, 1.165) is 25.9 Å². The van der Waals surface area contributed by atoms with E-state index in [2.05, 4.69) is 16.8 Å². The van der Waals surface area contributed by atoms with Crippen LogP contribution in [0.3, 0.4) is 0 Å². The van der Waals surface area contributed by atoms with Gasteiger partial charge < -0.3 is 9.88 Å². The number of rotatable bonds is 0. The third-order valence-electron chi connectivity index (χ3n) is 3.24. The minimum Gasteiger partial charge on any atom is -0.354 e. The molecule has 0 bridgehead atoms. The van der Waals surface area contributed by atoms with Crippen molar-refractivity contribution < 1.29 is 4.79 Å². The number of nitrogens with one attached hydrogen (secondary N) is 1. The molecular formula is C14H15ClN2OS. The molecule has 1 amide bonds. The van der Waals surface area contributed by atoms with Crippen LogP contribution >= 0.6 is 23.8 Å². The Morgan fingerprint density at radius 3 is 2.84 bits per heavy atom. The quantitative estimate of drug-likeness (QED) is 0.590. The first kappa shape index (κ1) is 14.1. The van der Waals surface area contributed by atoms with Crippen molar-refractivity contribution >= 4 is 29.7 Å². The molecule has 5 heteroatoms. The number of likely N-dealkylation sites (tertiary alicyclic amines) is 1. The first-order chi connectivity index (χ1) is 9.08. The molecule has 3 nitrogen and oxygen atoms in total. The van der Waals surface area contributed by atoms with Gasteiger partial charge in [-0.15, -0.1) is 0 Å². The second-order valence-electron chi connectivity index (χ2n) is 4.58. The van der Waals surface area contributed by atoms with E-state index in [9.17, 15) is 4.79 Å². The van der Waals surface area contributed by atoms with Gasteiger partial charge in [0.1, 0.15) is 5.69 Å². The summed E-state index contributed by atoms with van der Waals surface area (Å²) in [7, 11) is 0. The van der Waals surface area contributed by atoms with E-state index in [1.807, 2.05) is 4.90 Å². The van der Waals surface area contributed by atoms with Gasteiger partial charge in [0, 0.05) is 32.1 Å². The molecule has 2 rings (SSSR count). The summed E-state index contributed by atoms with van der Waals surface area (Å²) in [4.78, 5) is 16.1. The van der Waals surface area contributed by atoms with Crippen molar-refractivity contribution in [1.29, 1.82) is 0 Å². The van der Waals surface area contributed by atoms with Crippen LogP contribution in [0, 0.1) is 22.3 Å². The molecule has 19 heavy (non-hydrogen) atoms. The smallest absolute Gasteiger partial charge is 0.219 e. The van der Waals surface area contributed by atoms with Gasteiger partial charge in [0.25, 0.3) is 0 Å². The van der Waals surface area contributed by atoms with Crippen molar-refractivity contribution in [2.24, 2.45) is 5.92 Å². The Hall–Kier alpha value is -1.31. The number of piperidine rings is 1. The number of aromatic nitrogens is 1. The van der Waals surface area contributed by atoms with Crippen molar-refractivity contribution in [3.8, 4) is 11.8 Å². The van der Waals surface area contributed by atoms with Crippen molar-refractivity contribution in [2.75, 3.05) is 13.1 Å². The lowest BCUT2D eigenvalue weighted by molar-refractivity contribution is -0.129. The van der Waals surface area contributed by atoms with E-state index in [1.54, 1.807) is 19.2 Å². The molecule has 1 aliphatic heterocycles. The highest BCUT2D eigenvalue weighted by molar-refractivity contribution is 7.71. The van der Waals surface area contributed by atoms with Gasteiger partial charge in [-0.25, -0.2) is 0 Å². The Bertz CT molecular complexity index is 591. The summed E-state index contributed by atoms with van der Waals surface area (Å²) in [6.07, 6.45) is 3.58. The Morgan fingerprint density at radius 1 is 1.53 bits per heavy atom. The van der Waals surface area contributed by atoms with Crippen LogP contribution in [0.25, 0.3) is 0 Å². The molecule has 0 aromatic carbocycles. The summed E-state index contributed by atoms with van der Waals surface area (Å²) in [6, 6.07) is 1.74. The van der Waals surface area contributed by atoms with E-state index in [1.165, 1.54) is 0 Å². The normalized spacial score (nSPS) is 15.8. The number of pyridine rings is 1. The van der Waals surface area contributed by atoms with Crippen LogP contribution in [0.1, 0.15) is 25.5 Å². The molecule has 1 aliphatic rings. The standard InChI is InChI=1S/C14H15ClN2OS/c1-10(18)17-8-5-11(6-9-17)2-3-12-14(15)13(19)4-7-16-12/h4,7,11H,5-6,8-9H2,1H3,(H,16,19). The van der Waals surface area contributed by atoms with E-state index >= 15 is 0 Å². The van der Waals surface area contributed by atoms with Crippen LogP contribution in [-0.4, -0.2) is 28.9 Å². The highest BCUT2D eigenvalue weighted by Gasteiger charge is 2.18. The Labute approximate surface area is 123 Å². The molecule has 0 saturated carbocycles. The number of carbonyl (C=O) groups excluding carboxylic acids is 1. The van der Waals surface area contributed by atoms with Gasteiger partial charge in [0.2, 0.25) is 5.91 Å². The van der Waals surface area contributed by atoms with Crippen LogP contribution in [0.15, 0.2) is 12.3 Å². The highest BCUT2D eigenvalue weighted by atomic mass is 35.5. The van der Waals surface area contributed by atoms with Gasteiger partial charge in [0.15, 0.2) is 0 Å². The van der Waals surface area contributed by atoms with Crippen LogP contribution < -0.4 is 0 Å². The summed E-state index contributed by atoms with van der Waals surface area (Å²) in [5.41, 5.74) is 0.670. The number of nitrogens with zero attached hydrogens (tertiary/aromatic N) is 1. The van der Waals surface area contributed by atoms with Crippen LogP contribution in [-0.2, 0) is 4.79 Å². The fourth-order valence-electron chi connectivity index (χ4n) is 2.06. The lowest BCUT2D eigenvalue weighted by Gasteiger charge is -2.28. The minimum absolute atomic E-state index is 0.140. The number of halogens is 1. The van der Waals surface area contributed by atoms with Crippen LogP contribution in [0.2, 0.25) is 5.02 Å². The molecule has 0 aliphatic carbocycles. The first-order valence-electron chi connectivity index (χ1n) is 6.22. The number of hydrogen-bond acceptors (Lipinski definition) is 2. The topological polar surface area (TPSA) is 36.1 Å². The SMILES string of the molecule is CC(=O)N1CCC(C#Cc2[nH]ccc(=S)c2Cl)CC1. The Balaban J connectivity index is 2.04. The van der Waals surface area contributed by atoms with E-state index in [0.29, 0.717) is 21.1 Å². The maximum absolute atomic E-state index is 11.2. The largest absolute Gasteiger partial charge is 0.354 e. The van der Waals surface area contributed by atoms with Gasteiger partial charge in [0.05, 0.1) is 9.53 Å². The molecule has 0 unspecified atom stereocenters. The van der Waals surface area contributed by atoms with Crippen molar-refractivity contribution in [3.05, 3.63) is 27.5 Å². The lowest BCUT2D eigenvalue weighted by Crippen LogP contribution is -2.36. The predicted octanol–water partition coefficient (Wildman–Crippen LogP) is 3.01. The molecule has 0 atom stereocenters. The summed E-state index contributed by atoms with van der Waals surface area (Å²) < 4.78 is 0.608. The summed E-state index contributed by atoms with van der Waals surface area (Å²) in [5.74, 6) is 6.73. The summed E-state index contributed by atoms with van der Waals surface area (Å²) >= 11 is 11.2. The summed E-state index contributed by atoms with van der Waals surface area (Å²) in [5, 5.41) is 0.506. The maximum Gasteiger partial charge on any atom is 0.219 e. The van der Waals surface area contributed by atoms with Crippen LogP contribution in [0.5, 0.6) is 0 Å². The predicted molar refractivity (Wildman–Crippen MR) is 78.5 cm³/mol. The molecule has 0 radical (unpaired) electrons. The maximum atomic E-state index is 11.2. The number of amides is 1. The zero-order valence-electron chi connectivity index (χ0n) is 10.7. The molecule has 1 aromatic rings. The number of aromatic amines is 1.